The molecule has 0 aliphatic carbocycles. The van der Waals surface area contributed by atoms with Crippen LogP contribution >= 0.6 is 0 Å². The van der Waals surface area contributed by atoms with Crippen LogP contribution in [0.5, 0.6) is 0 Å². The Balaban J connectivity index is 1.51. The summed E-state index contributed by atoms with van der Waals surface area (Å²) in [6, 6.07) is 13.2. The van der Waals surface area contributed by atoms with E-state index in [0.29, 0.717) is 37.7 Å². The molecule has 3 fully saturated rings. The minimum absolute atomic E-state index is 0.0542. The van der Waals surface area contributed by atoms with Crippen molar-refractivity contribution in [1.82, 2.24) is 10.2 Å². The molecule has 11 heteroatoms. The third-order valence-corrected chi connectivity index (χ3v) is 10.4. The molecule has 3 saturated heterocycles. The maximum atomic E-state index is 14.9. The van der Waals surface area contributed by atoms with E-state index in [4.69, 9.17) is 14.2 Å². The third-order valence-electron chi connectivity index (χ3n) is 10.4. The van der Waals surface area contributed by atoms with Crippen molar-refractivity contribution in [3.8, 4) is 0 Å². The van der Waals surface area contributed by atoms with Crippen LogP contribution in [0, 0.1) is 25.7 Å². The molecule has 2 aromatic carbocycles. The van der Waals surface area contributed by atoms with E-state index in [2.05, 4.69) is 18.5 Å². The highest BCUT2D eigenvalue weighted by Crippen LogP contribution is 2.59. The summed E-state index contributed by atoms with van der Waals surface area (Å²) < 4.78 is 18.5. The molecule has 51 heavy (non-hydrogen) atoms. The summed E-state index contributed by atoms with van der Waals surface area (Å²) in [4.78, 5) is 60.1. The molecule has 3 aliphatic heterocycles. The van der Waals surface area contributed by atoms with E-state index in [1.807, 2.05) is 62.4 Å². The highest BCUT2D eigenvalue weighted by atomic mass is 16.6. The number of carbonyl (C=O) groups is 4. The Morgan fingerprint density at radius 1 is 1.10 bits per heavy atom. The van der Waals surface area contributed by atoms with Crippen molar-refractivity contribution in [2.75, 3.05) is 38.3 Å². The number of nitrogens with one attached hydrogen (secondary N) is 1. The summed E-state index contributed by atoms with van der Waals surface area (Å²) in [5.74, 6) is -3.42. The van der Waals surface area contributed by atoms with Gasteiger partial charge in [0.25, 0.3) is 5.91 Å². The first kappa shape index (κ1) is 37.9. The van der Waals surface area contributed by atoms with Gasteiger partial charge in [0.05, 0.1) is 30.6 Å². The molecule has 0 aromatic heterocycles. The van der Waals surface area contributed by atoms with Crippen LogP contribution in [0.15, 0.2) is 73.8 Å². The van der Waals surface area contributed by atoms with E-state index in [1.54, 1.807) is 22.0 Å². The lowest BCUT2D eigenvalue weighted by molar-refractivity contribution is -0.163. The van der Waals surface area contributed by atoms with Crippen LogP contribution in [0.1, 0.15) is 61.3 Å². The molecule has 2 aromatic rings. The smallest absolute Gasteiger partial charge is 0.313 e. The summed E-state index contributed by atoms with van der Waals surface area (Å²) in [5.41, 5.74) is 1.97. The number of anilines is 1. The number of allylic oxidation sites excluding steroid dienone is 1. The maximum Gasteiger partial charge on any atom is 0.313 e. The van der Waals surface area contributed by atoms with Gasteiger partial charge in [-0.2, -0.15) is 0 Å². The second kappa shape index (κ2) is 16.8. The van der Waals surface area contributed by atoms with Gasteiger partial charge < -0.3 is 34.4 Å². The topological polar surface area (TPSA) is 135 Å². The molecule has 3 amide bonds. The quantitative estimate of drug-likeness (QED) is 0.133. The normalized spacial score (nSPS) is 24.5. The zero-order valence-corrected chi connectivity index (χ0v) is 29.9. The highest BCUT2D eigenvalue weighted by Gasteiger charge is 2.75. The summed E-state index contributed by atoms with van der Waals surface area (Å²) in [7, 11) is 1.51. The zero-order chi connectivity index (χ0) is 36.7. The van der Waals surface area contributed by atoms with Gasteiger partial charge >= 0.3 is 5.97 Å². The molecule has 2 N–H and O–H groups in total. The highest BCUT2D eigenvalue weighted by molar-refractivity contribution is 6.05. The van der Waals surface area contributed by atoms with Gasteiger partial charge in [-0.3, -0.25) is 19.2 Å². The molecule has 274 valence electrons. The fourth-order valence-corrected chi connectivity index (χ4v) is 8.26. The summed E-state index contributed by atoms with van der Waals surface area (Å²) in [6.45, 7) is 11.9. The van der Waals surface area contributed by atoms with Crippen LogP contribution in [0.2, 0.25) is 0 Å². The van der Waals surface area contributed by atoms with Crippen molar-refractivity contribution in [1.29, 1.82) is 0 Å². The monoisotopic (exact) mass is 701 g/mol. The SMILES string of the molecule is C=CCCC(=O)N[C@H](COC)[C@H](OC(=O)[C@@H]1[C@@H]2CC[C@]3(O2)[C@H](C(=O)N(CC=C)c2c(C)cccc2C)N(CCCCO)C(=O)[C@@H]13)c1ccccc1. The van der Waals surface area contributed by atoms with Gasteiger partial charge in [0.15, 0.2) is 0 Å². The number of aryl methyl sites for hydroxylation is 2. The molecule has 0 saturated carbocycles. The second-order valence-corrected chi connectivity index (χ2v) is 13.7. The number of benzene rings is 2. The van der Waals surface area contributed by atoms with Gasteiger partial charge in [-0.05, 0) is 62.6 Å². The predicted octanol–water partition coefficient (Wildman–Crippen LogP) is 4.35. The molecule has 2 bridgehead atoms. The average molecular weight is 702 g/mol. The average Bonchev–Trinajstić information content (AvgIpc) is 3.76. The largest absolute Gasteiger partial charge is 0.455 e. The number of nitrogens with zero attached hydrogens (tertiary/aromatic N) is 2. The van der Waals surface area contributed by atoms with Crippen LogP contribution < -0.4 is 10.2 Å². The van der Waals surface area contributed by atoms with Gasteiger partial charge in [0.2, 0.25) is 11.8 Å². The summed E-state index contributed by atoms with van der Waals surface area (Å²) in [6.07, 6.45) is 4.27. The number of carbonyl (C=O) groups excluding carboxylic acids is 4. The number of esters is 1. The van der Waals surface area contributed by atoms with Crippen LogP contribution in [0.25, 0.3) is 0 Å². The molecule has 5 rings (SSSR count). The van der Waals surface area contributed by atoms with Crippen molar-refractivity contribution >= 4 is 29.4 Å². The molecule has 0 radical (unpaired) electrons. The van der Waals surface area contributed by atoms with Crippen molar-refractivity contribution in [2.45, 2.75) is 82.3 Å². The van der Waals surface area contributed by atoms with E-state index in [0.717, 1.165) is 16.8 Å². The number of aliphatic hydroxyl groups is 1. The van der Waals surface area contributed by atoms with Gasteiger partial charge in [-0.25, -0.2) is 0 Å². The van der Waals surface area contributed by atoms with Crippen molar-refractivity contribution in [2.24, 2.45) is 11.8 Å². The Morgan fingerprint density at radius 2 is 1.82 bits per heavy atom. The molecular weight excluding hydrogens is 650 g/mol. The van der Waals surface area contributed by atoms with Crippen molar-refractivity contribution in [3.63, 3.8) is 0 Å². The summed E-state index contributed by atoms with van der Waals surface area (Å²) in [5, 5.41) is 12.5. The van der Waals surface area contributed by atoms with E-state index in [1.165, 1.54) is 7.11 Å². The molecule has 1 spiro atoms. The predicted molar refractivity (Wildman–Crippen MR) is 193 cm³/mol. The number of fused-ring (bicyclic) bond motifs is 1. The number of aliphatic hydroxyl groups excluding tert-OH is 1. The number of amides is 3. The molecular formula is C40H51N3O8. The molecule has 3 heterocycles. The molecule has 11 nitrogen and oxygen atoms in total. The van der Waals surface area contributed by atoms with Crippen LogP contribution in [0.3, 0.4) is 0 Å². The Labute approximate surface area is 300 Å². The first-order valence-corrected chi connectivity index (χ1v) is 17.9. The Hall–Kier alpha value is -4.32. The van der Waals surface area contributed by atoms with E-state index >= 15 is 0 Å². The molecule has 0 unspecified atom stereocenters. The standard InChI is InChI=1S/C40H51N3O8/c1-6-8-19-31(45)41-29(25-49-5)35(28-17-10-9-11-18-28)50-39(48)32-30-20-21-40(51-30)33(32)37(46)43(23-12-13-24-44)36(40)38(47)42(22-7-2)34-26(3)15-14-16-27(34)4/h6-7,9-11,14-18,29-30,32-33,35-36,44H,1-2,8,12-13,19-25H2,3-5H3,(H,41,45)/t29-,30+,32-,33-,35-,36+,40-/m1/s1. The fraction of sp³-hybridized carbons (Fsp3) is 0.500. The maximum absolute atomic E-state index is 14.9. The van der Waals surface area contributed by atoms with Gasteiger partial charge in [0, 0.05) is 38.9 Å². The Morgan fingerprint density at radius 3 is 2.47 bits per heavy atom. The number of likely N-dealkylation sites (tertiary alicyclic amines) is 1. The van der Waals surface area contributed by atoms with E-state index in [9.17, 15) is 24.3 Å². The zero-order valence-electron chi connectivity index (χ0n) is 29.9. The molecule has 3 aliphatic rings. The Bertz CT molecular complexity index is 1580. The van der Waals surface area contributed by atoms with Crippen LogP contribution in [-0.4, -0.2) is 90.9 Å². The number of rotatable bonds is 18. The fourth-order valence-electron chi connectivity index (χ4n) is 8.26. The number of ether oxygens (including phenoxy) is 3. The van der Waals surface area contributed by atoms with Gasteiger partial charge in [0.1, 0.15) is 17.7 Å². The third kappa shape index (κ3) is 7.52. The first-order valence-electron chi connectivity index (χ1n) is 17.9. The Kier molecular flexibility index (Phi) is 12.5. The van der Waals surface area contributed by atoms with Gasteiger partial charge in [-0.15, -0.1) is 13.2 Å². The van der Waals surface area contributed by atoms with E-state index in [-0.39, 0.29) is 50.4 Å². The number of para-hydroxylation sites is 1. The lowest BCUT2D eigenvalue weighted by Crippen LogP contribution is -2.56. The minimum Gasteiger partial charge on any atom is -0.455 e. The molecule has 7 atom stereocenters. The number of methoxy groups -OCH3 is 1. The van der Waals surface area contributed by atoms with Crippen molar-refractivity contribution < 1.29 is 38.5 Å². The van der Waals surface area contributed by atoms with Crippen LogP contribution in [-0.2, 0) is 33.4 Å². The number of hydrogen-bond acceptors (Lipinski definition) is 8. The number of hydrogen-bond donors (Lipinski definition) is 2. The van der Waals surface area contributed by atoms with Crippen molar-refractivity contribution in [3.05, 3.63) is 90.5 Å². The van der Waals surface area contributed by atoms with E-state index < -0.39 is 47.7 Å². The minimum atomic E-state index is -1.25. The lowest BCUT2D eigenvalue weighted by atomic mass is 9.70. The summed E-state index contributed by atoms with van der Waals surface area (Å²) >= 11 is 0. The lowest BCUT2D eigenvalue weighted by Gasteiger charge is -2.37. The second-order valence-electron chi connectivity index (χ2n) is 13.7. The van der Waals surface area contributed by atoms with Gasteiger partial charge in [-0.1, -0.05) is 60.7 Å². The van der Waals surface area contributed by atoms with Crippen LogP contribution in [0.4, 0.5) is 5.69 Å². The number of unbranched alkanes of at least 4 members (excludes halogenated alkanes) is 1. The first-order chi connectivity index (χ1) is 24.6.